The van der Waals surface area contributed by atoms with Gasteiger partial charge in [0.1, 0.15) is 0 Å². The van der Waals surface area contributed by atoms with Gasteiger partial charge in [0.25, 0.3) is 0 Å². The molecule has 0 aromatic carbocycles. The molecular weight excluding hydrogens is 191 g/mol. The largest absolute Gasteiger partial charge is 0.225 e. The molecule has 8 heavy (non-hydrogen) atoms. The molecule has 42 valence electrons. The molecule has 0 saturated carbocycles. The van der Waals surface area contributed by atoms with Gasteiger partial charge >= 0.3 is 0 Å². The van der Waals surface area contributed by atoms with Gasteiger partial charge in [-0.25, -0.2) is 9.97 Å². The second kappa shape index (κ2) is 2.42. The van der Waals surface area contributed by atoms with Crippen molar-refractivity contribution < 1.29 is 2.74 Å². The van der Waals surface area contributed by atoms with Crippen LogP contribution >= 0.6 is 27.5 Å². The molecule has 2 nitrogen and oxygen atoms in total. The maximum atomic E-state index is 7.10. The Morgan fingerprint density at radius 3 is 2.62 bits per heavy atom. The van der Waals surface area contributed by atoms with Gasteiger partial charge in [-0.2, -0.15) is 0 Å². The second-order valence-electron chi connectivity index (χ2n) is 1.03. The molecule has 0 bridgehead atoms. The SMILES string of the molecule is [2H]c1nc(Cl)nc([2H])c1Br. The van der Waals surface area contributed by atoms with Crippen molar-refractivity contribution in [1.29, 1.82) is 0 Å². The van der Waals surface area contributed by atoms with Crippen LogP contribution < -0.4 is 0 Å². The summed E-state index contributed by atoms with van der Waals surface area (Å²) < 4.78 is 14.5. The van der Waals surface area contributed by atoms with E-state index in [0.717, 1.165) is 0 Å². The normalized spacial score (nSPS) is 12.8. The third kappa shape index (κ3) is 1.42. The van der Waals surface area contributed by atoms with E-state index in [0.29, 0.717) is 0 Å². The molecule has 0 unspecified atom stereocenters. The Morgan fingerprint density at radius 2 is 2.12 bits per heavy atom. The highest BCUT2D eigenvalue weighted by Gasteiger charge is 1.86. The summed E-state index contributed by atoms with van der Waals surface area (Å²) in [5.74, 6) is 0. The highest BCUT2D eigenvalue weighted by Crippen LogP contribution is 2.06. The second-order valence-corrected chi connectivity index (χ2v) is 2.16. The van der Waals surface area contributed by atoms with E-state index in [1.54, 1.807) is 0 Å². The molecule has 1 aromatic rings. The predicted molar refractivity (Wildman–Crippen MR) is 34.7 cm³/mol. The van der Waals surface area contributed by atoms with Crippen molar-refractivity contribution in [3.63, 3.8) is 0 Å². The van der Waals surface area contributed by atoms with Crippen LogP contribution in [0.5, 0.6) is 0 Å². The molecule has 0 spiro atoms. The van der Waals surface area contributed by atoms with Crippen LogP contribution in [0.4, 0.5) is 0 Å². The Labute approximate surface area is 62.9 Å². The van der Waals surface area contributed by atoms with Gasteiger partial charge in [0.05, 0.1) is 7.21 Å². The van der Waals surface area contributed by atoms with Gasteiger partial charge in [0.15, 0.2) is 0 Å². The molecule has 0 saturated heterocycles. The Kier molecular flexibility index (Phi) is 1.15. The van der Waals surface area contributed by atoms with E-state index < -0.39 is 0 Å². The molecule has 1 aromatic heterocycles. The van der Waals surface area contributed by atoms with Crippen LogP contribution in [-0.4, -0.2) is 9.97 Å². The lowest BCUT2D eigenvalue weighted by Crippen LogP contribution is -1.77. The molecule has 0 N–H and O–H groups in total. The Hall–Kier alpha value is -0.150. The van der Waals surface area contributed by atoms with E-state index in [4.69, 9.17) is 14.3 Å². The van der Waals surface area contributed by atoms with Gasteiger partial charge in [0.2, 0.25) is 5.28 Å². The molecule has 0 aliphatic carbocycles. The van der Waals surface area contributed by atoms with Crippen molar-refractivity contribution in [3.8, 4) is 0 Å². The summed E-state index contributed by atoms with van der Waals surface area (Å²) in [5, 5.41) is -0.0711. The Morgan fingerprint density at radius 1 is 1.62 bits per heavy atom. The van der Waals surface area contributed by atoms with Crippen LogP contribution in [0.2, 0.25) is 5.28 Å². The number of rotatable bonds is 0. The average Bonchev–Trinajstić information content (AvgIpc) is 1.82. The molecule has 0 atom stereocenters. The van der Waals surface area contributed by atoms with Gasteiger partial charge in [-0.1, -0.05) is 0 Å². The van der Waals surface area contributed by atoms with Crippen molar-refractivity contribution in [3.05, 3.63) is 22.1 Å². The molecule has 0 fully saturated rings. The molecule has 0 aliphatic heterocycles. The lowest BCUT2D eigenvalue weighted by molar-refractivity contribution is 1.15. The Bertz CT molecular complexity index is 244. The summed E-state index contributed by atoms with van der Waals surface area (Å²) in [5.41, 5.74) is 0. The number of aromatic nitrogens is 2. The molecular formula is C4H2BrClN2. The molecule has 4 heteroatoms. The van der Waals surface area contributed by atoms with Crippen molar-refractivity contribution >= 4 is 27.5 Å². The van der Waals surface area contributed by atoms with Crippen molar-refractivity contribution in [2.75, 3.05) is 0 Å². The third-order valence-corrected chi connectivity index (χ3v) is 1.02. The van der Waals surface area contributed by atoms with Crippen LogP contribution in [-0.2, 0) is 0 Å². The molecule has 0 amide bonds. The minimum Gasteiger partial charge on any atom is -0.225 e. The minimum absolute atomic E-state index is 0.0648. The van der Waals surface area contributed by atoms with E-state index >= 15 is 0 Å². The average molecular weight is 195 g/mol. The van der Waals surface area contributed by atoms with Crippen molar-refractivity contribution in [2.24, 2.45) is 0 Å². The lowest BCUT2D eigenvalue weighted by atomic mass is 10.7. The predicted octanol–water partition coefficient (Wildman–Crippen LogP) is 1.89. The van der Waals surface area contributed by atoms with Crippen LogP contribution in [0, 0.1) is 0 Å². The first kappa shape index (κ1) is 3.80. The fourth-order valence-electron chi connectivity index (χ4n) is 0.240. The summed E-state index contributed by atoms with van der Waals surface area (Å²) >= 11 is 8.29. The van der Waals surface area contributed by atoms with Crippen LogP contribution in [0.15, 0.2) is 16.8 Å². The molecule has 1 rings (SSSR count). The van der Waals surface area contributed by atoms with Crippen LogP contribution in [0.1, 0.15) is 2.74 Å². The minimum atomic E-state index is -0.0711. The zero-order valence-corrected chi connectivity index (χ0v) is 5.99. The van der Waals surface area contributed by atoms with Crippen molar-refractivity contribution in [1.82, 2.24) is 9.97 Å². The standard InChI is InChI=1S/C4H2BrClN2/c5-3-1-7-4(6)8-2-3/h1-2H/i1D,2D. The summed E-state index contributed by atoms with van der Waals surface area (Å²) in [6, 6.07) is 0. The van der Waals surface area contributed by atoms with E-state index in [2.05, 4.69) is 25.9 Å². The summed E-state index contributed by atoms with van der Waals surface area (Å²) in [6.45, 7) is 0. The summed E-state index contributed by atoms with van der Waals surface area (Å²) in [4.78, 5) is 6.98. The fraction of sp³-hybridized carbons (Fsp3) is 0. The van der Waals surface area contributed by atoms with Gasteiger partial charge in [-0.05, 0) is 27.5 Å². The van der Waals surface area contributed by atoms with E-state index in [-0.39, 0.29) is 22.1 Å². The van der Waals surface area contributed by atoms with Gasteiger partial charge in [0, 0.05) is 12.3 Å². The fourth-order valence-corrected chi connectivity index (χ4v) is 0.502. The molecule has 1 heterocycles. The topological polar surface area (TPSA) is 25.8 Å². The number of hydrogen-bond donors (Lipinski definition) is 0. The van der Waals surface area contributed by atoms with Gasteiger partial charge < -0.3 is 0 Å². The van der Waals surface area contributed by atoms with Gasteiger partial charge in [-0.15, -0.1) is 0 Å². The summed E-state index contributed by atoms with van der Waals surface area (Å²) in [6.07, 6.45) is -0.130. The van der Waals surface area contributed by atoms with Gasteiger partial charge in [-0.3, -0.25) is 0 Å². The lowest BCUT2D eigenvalue weighted by Gasteiger charge is -1.85. The first-order valence-electron chi connectivity index (χ1n) is 2.77. The summed E-state index contributed by atoms with van der Waals surface area (Å²) in [7, 11) is 0. The molecule has 0 aliphatic rings. The maximum absolute atomic E-state index is 7.10. The van der Waals surface area contributed by atoms with Crippen LogP contribution in [0.25, 0.3) is 0 Å². The molecule has 0 radical (unpaired) electrons. The maximum Gasteiger partial charge on any atom is 0.222 e. The van der Waals surface area contributed by atoms with E-state index in [1.807, 2.05) is 0 Å². The zero-order chi connectivity index (χ0) is 7.72. The highest BCUT2D eigenvalue weighted by atomic mass is 79.9. The number of hydrogen-bond acceptors (Lipinski definition) is 2. The number of nitrogens with zero attached hydrogens (tertiary/aromatic N) is 2. The van der Waals surface area contributed by atoms with Crippen molar-refractivity contribution in [2.45, 2.75) is 0 Å². The number of halogens is 2. The first-order chi connectivity index (χ1) is 4.61. The van der Waals surface area contributed by atoms with E-state index in [9.17, 15) is 0 Å². The smallest absolute Gasteiger partial charge is 0.222 e. The quantitative estimate of drug-likeness (QED) is 0.591. The van der Waals surface area contributed by atoms with Crippen LogP contribution in [0.3, 0.4) is 0 Å². The van der Waals surface area contributed by atoms with E-state index in [1.165, 1.54) is 0 Å². The zero-order valence-electron chi connectivity index (χ0n) is 5.65. The third-order valence-electron chi connectivity index (χ3n) is 0.493. The Balaban J connectivity index is 3.31. The highest BCUT2D eigenvalue weighted by molar-refractivity contribution is 9.10. The monoisotopic (exact) mass is 194 g/mol. The first-order valence-corrected chi connectivity index (χ1v) is 2.94.